The zero-order chi connectivity index (χ0) is 9.45. The van der Waals surface area contributed by atoms with Crippen LogP contribution in [0.25, 0.3) is 0 Å². The molecule has 0 spiro atoms. The lowest BCUT2D eigenvalue weighted by Gasteiger charge is -2.14. The largest absolute Gasteiger partial charge is 0.389 e. The van der Waals surface area contributed by atoms with Crippen LogP contribution in [0.15, 0.2) is 0 Å². The Hall–Kier alpha value is 0.500. The van der Waals surface area contributed by atoms with E-state index >= 15 is 0 Å². The molecule has 0 saturated carbocycles. The molecule has 0 atom stereocenters. The van der Waals surface area contributed by atoms with Crippen LogP contribution < -0.4 is 0 Å². The molecule has 0 unspecified atom stereocenters. The van der Waals surface area contributed by atoms with Crippen LogP contribution in [0.1, 0.15) is 27.2 Å². The van der Waals surface area contributed by atoms with Crippen LogP contribution in [0.4, 0.5) is 0 Å². The molecule has 0 aromatic heterocycles. The van der Waals surface area contributed by atoms with E-state index in [1.54, 1.807) is 0 Å². The highest BCUT2D eigenvalue weighted by Crippen LogP contribution is 2.60. The minimum Gasteiger partial charge on any atom is -0.301 e. The Kier molecular flexibility index (Phi) is 7.25. The third-order valence-electron chi connectivity index (χ3n) is 1.03. The molecule has 0 aliphatic rings. The minimum absolute atomic E-state index is 0.438. The van der Waals surface area contributed by atoms with E-state index in [0.717, 1.165) is 12.2 Å². The van der Waals surface area contributed by atoms with Gasteiger partial charge in [0.15, 0.2) is 0 Å². The van der Waals surface area contributed by atoms with E-state index in [2.05, 4.69) is 0 Å². The molecule has 5 heteroatoms. The maximum atomic E-state index is 11.7. The van der Waals surface area contributed by atoms with Gasteiger partial charge in [0.1, 0.15) is 0 Å². The molecule has 0 bridgehead atoms. The Bertz CT molecular complexity index is 142. The van der Waals surface area contributed by atoms with Gasteiger partial charge in [-0.25, -0.2) is 4.57 Å². The lowest BCUT2D eigenvalue weighted by atomic mass is 10.6. The van der Waals surface area contributed by atoms with Crippen molar-refractivity contribution in [3.63, 3.8) is 0 Å². The molecule has 0 heterocycles. The minimum atomic E-state index is -2.82. The SMILES string of the molecule is CCCSP(=O)(OCC)OCC. The first-order chi connectivity index (χ1) is 5.68. The third-order valence-corrected chi connectivity index (χ3v) is 5.21. The van der Waals surface area contributed by atoms with E-state index in [1.165, 1.54) is 11.4 Å². The van der Waals surface area contributed by atoms with Crippen LogP contribution in [0.2, 0.25) is 0 Å². The second-order valence-electron chi connectivity index (χ2n) is 2.12. The summed E-state index contributed by atoms with van der Waals surface area (Å²) in [6.07, 6.45) is 0.981. The highest BCUT2D eigenvalue weighted by molar-refractivity contribution is 8.55. The van der Waals surface area contributed by atoms with Gasteiger partial charge in [0.2, 0.25) is 0 Å². The van der Waals surface area contributed by atoms with E-state index in [1.807, 2.05) is 20.8 Å². The average molecular weight is 212 g/mol. The van der Waals surface area contributed by atoms with Crippen molar-refractivity contribution >= 4 is 18.2 Å². The summed E-state index contributed by atoms with van der Waals surface area (Å²) in [5, 5.41) is 0. The van der Waals surface area contributed by atoms with E-state index in [-0.39, 0.29) is 0 Å². The van der Waals surface area contributed by atoms with Crippen molar-refractivity contribution in [3.8, 4) is 0 Å². The van der Waals surface area contributed by atoms with Crippen molar-refractivity contribution in [1.29, 1.82) is 0 Å². The number of hydrogen-bond acceptors (Lipinski definition) is 4. The Balaban J connectivity index is 3.90. The maximum absolute atomic E-state index is 11.7. The number of rotatable bonds is 7. The standard InChI is InChI=1S/C7H17O3PS/c1-4-7-12-11(8,9-5-2)10-6-3/h4-7H2,1-3H3. The average Bonchev–Trinajstić information content (AvgIpc) is 2.02. The van der Waals surface area contributed by atoms with Crippen LogP contribution in [-0.2, 0) is 13.6 Å². The molecule has 12 heavy (non-hydrogen) atoms. The Labute approximate surface area is 78.5 Å². The normalized spacial score (nSPS) is 11.9. The lowest BCUT2D eigenvalue weighted by Crippen LogP contribution is -1.92. The highest BCUT2D eigenvalue weighted by Gasteiger charge is 2.23. The second-order valence-corrected chi connectivity index (χ2v) is 6.31. The number of hydrogen-bond donors (Lipinski definition) is 0. The molecule has 0 N–H and O–H groups in total. The van der Waals surface area contributed by atoms with Gasteiger partial charge in [-0.3, -0.25) is 0 Å². The van der Waals surface area contributed by atoms with Crippen molar-refractivity contribution in [2.24, 2.45) is 0 Å². The maximum Gasteiger partial charge on any atom is 0.389 e. The molecule has 0 aliphatic carbocycles. The Morgan fingerprint density at radius 2 is 1.67 bits per heavy atom. The summed E-state index contributed by atoms with van der Waals surface area (Å²) in [6.45, 7) is 3.73. The molecule has 3 nitrogen and oxygen atoms in total. The first kappa shape index (κ1) is 12.5. The fourth-order valence-electron chi connectivity index (χ4n) is 0.631. The molecule has 74 valence electrons. The zero-order valence-electron chi connectivity index (χ0n) is 7.91. The van der Waals surface area contributed by atoms with Gasteiger partial charge in [-0.1, -0.05) is 6.92 Å². The van der Waals surface area contributed by atoms with E-state index < -0.39 is 6.80 Å². The van der Waals surface area contributed by atoms with Crippen LogP contribution in [0.5, 0.6) is 0 Å². The van der Waals surface area contributed by atoms with Gasteiger partial charge in [0.25, 0.3) is 0 Å². The quantitative estimate of drug-likeness (QED) is 0.606. The Morgan fingerprint density at radius 3 is 2.00 bits per heavy atom. The van der Waals surface area contributed by atoms with E-state index in [4.69, 9.17) is 9.05 Å². The lowest BCUT2D eigenvalue weighted by molar-refractivity contribution is 0.237. The predicted molar refractivity (Wildman–Crippen MR) is 53.6 cm³/mol. The van der Waals surface area contributed by atoms with Crippen molar-refractivity contribution in [1.82, 2.24) is 0 Å². The van der Waals surface area contributed by atoms with Gasteiger partial charge in [-0.05, 0) is 31.7 Å². The molecule has 0 aromatic rings. The van der Waals surface area contributed by atoms with Crippen LogP contribution in [-0.4, -0.2) is 19.0 Å². The van der Waals surface area contributed by atoms with Gasteiger partial charge < -0.3 is 9.05 Å². The molecule has 0 amide bonds. The van der Waals surface area contributed by atoms with Crippen molar-refractivity contribution in [2.75, 3.05) is 19.0 Å². The molecule has 0 saturated heterocycles. The van der Waals surface area contributed by atoms with Crippen LogP contribution >= 0.6 is 18.2 Å². The molecular formula is C7H17O3PS. The molecule has 0 aliphatic heterocycles. The predicted octanol–water partition coefficient (Wildman–Crippen LogP) is 3.31. The first-order valence-corrected chi connectivity index (χ1v) is 7.35. The summed E-state index contributed by atoms with van der Waals surface area (Å²) in [6, 6.07) is 0. The van der Waals surface area contributed by atoms with Crippen molar-refractivity contribution in [3.05, 3.63) is 0 Å². The molecule has 0 aromatic carbocycles. The van der Waals surface area contributed by atoms with Gasteiger partial charge in [0.05, 0.1) is 13.2 Å². The van der Waals surface area contributed by atoms with Gasteiger partial charge in [0, 0.05) is 5.75 Å². The summed E-state index contributed by atoms with van der Waals surface area (Å²) >= 11 is 1.28. The second kappa shape index (κ2) is 6.96. The zero-order valence-corrected chi connectivity index (χ0v) is 9.62. The molecule has 0 radical (unpaired) electrons. The summed E-state index contributed by atoms with van der Waals surface area (Å²) < 4.78 is 21.8. The summed E-state index contributed by atoms with van der Waals surface area (Å²) in [4.78, 5) is 0. The molecule has 0 fully saturated rings. The summed E-state index contributed by atoms with van der Waals surface area (Å²) in [5.74, 6) is 0.817. The van der Waals surface area contributed by atoms with Gasteiger partial charge in [-0.2, -0.15) is 0 Å². The van der Waals surface area contributed by atoms with Crippen molar-refractivity contribution in [2.45, 2.75) is 27.2 Å². The van der Waals surface area contributed by atoms with Gasteiger partial charge >= 0.3 is 6.80 Å². The Morgan fingerprint density at radius 1 is 1.17 bits per heavy atom. The van der Waals surface area contributed by atoms with E-state index in [0.29, 0.717) is 13.2 Å². The van der Waals surface area contributed by atoms with Gasteiger partial charge in [-0.15, -0.1) is 0 Å². The van der Waals surface area contributed by atoms with Crippen molar-refractivity contribution < 1.29 is 13.6 Å². The fourth-order valence-corrected chi connectivity index (χ4v) is 4.19. The molecule has 0 rings (SSSR count). The topological polar surface area (TPSA) is 35.5 Å². The summed E-state index contributed by atoms with van der Waals surface area (Å²) in [5.41, 5.74) is 0. The fraction of sp³-hybridized carbons (Fsp3) is 1.00. The smallest absolute Gasteiger partial charge is 0.301 e. The summed E-state index contributed by atoms with van der Waals surface area (Å²) in [7, 11) is 0. The first-order valence-electron chi connectivity index (χ1n) is 4.22. The monoisotopic (exact) mass is 212 g/mol. The highest BCUT2D eigenvalue weighted by atomic mass is 32.7. The van der Waals surface area contributed by atoms with Crippen LogP contribution in [0, 0.1) is 0 Å². The third kappa shape index (κ3) is 5.20. The van der Waals surface area contributed by atoms with E-state index in [9.17, 15) is 4.57 Å². The molecular weight excluding hydrogens is 195 g/mol. The van der Waals surface area contributed by atoms with Crippen LogP contribution in [0.3, 0.4) is 0 Å².